The Morgan fingerprint density at radius 1 is 0.882 bits per heavy atom. The quantitative estimate of drug-likeness (QED) is 0.620. The number of hydrogen-bond donors (Lipinski definition) is 1. The van der Waals surface area contributed by atoms with E-state index < -0.39 is 11.6 Å². The van der Waals surface area contributed by atoms with Crippen LogP contribution in [0.1, 0.15) is 25.0 Å². The number of amides is 2. The summed E-state index contributed by atoms with van der Waals surface area (Å²) in [6, 6.07) is 27.3. The van der Waals surface area contributed by atoms with E-state index in [1.165, 1.54) is 0 Å². The summed E-state index contributed by atoms with van der Waals surface area (Å²) in [5.41, 5.74) is 4.67. The predicted octanol–water partition coefficient (Wildman–Crippen LogP) is 4.80. The van der Waals surface area contributed by atoms with Crippen LogP contribution in [0.4, 0.5) is 11.4 Å². The molecular weight excluding hydrogens is 422 g/mol. The predicted molar refractivity (Wildman–Crippen MR) is 136 cm³/mol. The molecule has 0 radical (unpaired) electrons. The van der Waals surface area contributed by atoms with Crippen LogP contribution in [0.2, 0.25) is 0 Å². The van der Waals surface area contributed by atoms with Crippen LogP contribution in [0.5, 0.6) is 0 Å². The number of hydrogen-bond acceptors (Lipinski definition) is 3. The summed E-state index contributed by atoms with van der Waals surface area (Å²) in [5.74, 6) is -0.0750. The minimum atomic E-state index is -0.521. The second-order valence-corrected chi connectivity index (χ2v) is 9.49. The summed E-state index contributed by atoms with van der Waals surface area (Å²) in [6.45, 7) is 4.09. The molecule has 1 unspecified atom stereocenters. The largest absolute Gasteiger partial charge is 0.355 e. The molecule has 0 spiro atoms. The zero-order chi connectivity index (χ0) is 23.9. The fraction of sp³-hybridized carbons (Fsp3) is 0.241. The minimum absolute atomic E-state index is 0.0321. The summed E-state index contributed by atoms with van der Waals surface area (Å²) in [4.78, 5) is 31.3. The van der Waals surface area contributed by atoms with Gasteiger partial charge in [-0.05, 0) is 43.5 Å². The standard InChI is InChI=1S/C29H29N3O2/c1-29(2)27-26(28(34)31(29)3)24(18-20-12-6-4-7-13-20)32(23-17-11-10-16-22(23)30-27)25(33)19-21-14-8-5-9-15-21/h4-17,24,30H,18-19H2,1-3H3. The Morgan fingerprint density at radius 2 is 1.47 bits per heavy atom. The highest BCUT2D eigenvalue weighted by molar-refractivity contribution is 6.07. The van der Waals surface area contributed by atoms with Gasteiger partial charge in [-0.3, -0.25) is 9.59 Å². The average Bonchev–Trinajstić information content (AvgIpc) is 2.95. The van der Waals surface area contributed by atoms with Gasteiger partial charge in [0.2, 0.25) is 5.91 Å². The van der Waals surface area contributed by atoms with Gasteiger partial charge in [0.1, 0.15) is 0 Å². The van der Waals surface area contributed by atoms with Crippen LogP contribution in [0.15, 0.2) is 96.2 Å². The van der Waals surface area contributed by atoms with Crippen molar-refractivity contribution < 1.29 is 9.59 Å². The molecule has 0 saturated heterocycles. The van der Waals surface area contributed by atoms with E-state index in [1.54, 1.807) is 4.90 Å². The minimum Gasteiger partial charge on any atom is -0.355 e. The molecule has 5 nitrogen and oxygen atoms in total. The molecular formula is C29H29N3O2. The van der Waals surface area contributed by atoms with Crippen molar-refractivity contribution in [3.8, 4) is 0 Å². The van der Waals surface area contributed by atoms with Crippen LogP contribution in [-0.4, -0.2) is 35.3 Å². The number of fused-ring (bicyclic) bond motifs is 1. The van der Waals surface area contributed by atoms with Gasteiger partial charge in [0.15, 0.2) is 0 Å². The van der Waals surface area contributed by atoms with Crippen LogP contribution >= 0.6 is 0 Å². The first-order valence-electron chi connectivity index (χ1n) is 11.7. The zero-order valence-electron chi connectivity index (χ0n) is 19.8. The normalized spacial score (nSPS) is 18.8. The maximum Gasteiger partial charge on any atom is 0.254 e. The summed E-state index contributed by atoms with van der Waals surface area (Å²) in [7, 11) is 1.83. The molecule has 34 heavy (non-hydrogen) atoms. The van der Waals surface area contributed by atoms with E-state index in [1.807, 2.05) is 98.6 Å². The maximum atomic E-state index is 14.0. The first-order chi connectivity index (χ1) is 16.4. The molecule has 1 N–H and O–H groups in total. The van der Waals surface area contributed by atoms with E-state index in [-0.39, 0.29) is 18.2 Å². The third kappa shape index (κ3) is 3.67. The number of anilines is 2. The second-order valence-electron chi connectivity index (χ2n) is 9.49. The van der Waals surface area contributed by atoms with Crippen LogP contribution < -0.4 is 10.2 Å². The van der Waals surface area contributed by atoms with E-state index in [2.05, 4.69) is 17.4 Å². The van der Waals surface area contributed by atoms with Gasteiger partial charge in [0, 0.05) is 7.05 Å². The number of nitrogens with zero attached hydrogens (tertiary/aromatic N) is 2. The van der Waals surface area contributed by atoms with Gasteiger partial charge in [-0.25, -0.2) is 0 Å². The van der Waals surface area contributed by atoms with E-state index >= 15 is 0 Å². The number of benzene rings is 3. The first kappa shape index (κ1) is 22.0. The molecule has 2 aliphatic rings. The summed E-state index contributed by atoms with van der Waals surface area (Å²) < 4.78 is 0. The summed E-state index contributed by atoms with van der Waals surface area (Å²) in [6.07, 6.45) is 0.808. The molecule has 3 aromatic rings. The van der Waals surface area contributed by atoms with E-state index in [0.29, 0.717) is 12.0 Å². The molecule has 2 amide bonds. The van der Waals surface area contributed by atoms with Crippen LogP contribution in [0, 0.1) is 0 Å². The van der Waals surface area contributed by atoms with Gasteiger partial charge in [-0.1, -0.05) is 72.8 Å². The lowest BCUT2D eigenvalue weighted by molar-refractivity contribution is -0.127. The van der Waals surface area contributed by atoms with Gasteiger partial charge >= 0.3 is 0 Å². The zero-order valence-corrected chi connectivity index (χ0v) is 19.8. The highest BCUT2D eigenvalue weighted by atomic mass is 16.2. The van der Waals surface area contributed by atoms with E-state index in [0.717, 1.165) is 28.2 Å². The molecule has 1 atom stereocenters. The van der Waals surface area contributed by atoms with Crippen LogP contribution in [-0.2, 0) is 22.4 Å². The number of para-hydroxylation sites is 2. The van der Waals surface area contributed by atoms with Gasteiger partial charge in [-0.2, -0.15) is 0 Å². The average molecular weight is 452 g/mol. The topological polar surface area (TPSA) is 52.7 Å². The Labute approximate surface area is 200 Å². The third-order valence-electron chi connectivity index (χ3n) is 7.06. The third-order valence-corrected chi connectivity index (χ3v) is 7.06. The van der Waals surface area contributed by atoms with Crippen molar-refractivity contribution in [2.75, 3.05) is 17.3 Å². The lowest BCUT2D eigenvalue weighted by Gasteiger charge is -2.34. The van der Waals surface area contributed by atoms with Crippen molar-refractivity contribution in [3.63, 3.8) is 0 Å². The molecule has 3 aromatic carbocycles. The molecule has 0 aliphatic carbocycles. The first-order valence-corrected chi connectivity index (χ1v) is 11.7. The van der Waals surface area contributed by atoms with Gasteiger partial charge in [-0.15, -0.1) is 0 Å². The number of rotatable bonds is 4. The highest BCUT2D eigenvalue weighted by Gasteiger charge is 2.49. The SMILES string of the molecule is CN1C(=O)C2=C(Nc3ccccc3N(C(=O)Cc3ccccc3)C2Cc2ccccc2)C1(C)C. The summed E-state index contributed by atoms with van der Waals surface area (Å²) >= 11 is 0. The second kappa shape index (κ2) is 8.49. The van der Waals surface area contributed by atoms with Crippen molar-refractivity contribution >= 4 is 23.2 Å². The smallest absolute Gasteiger partial charge is 0.254 e. The Hall–Kier alpha value is -3.86. The van der Waals surface area contributed by atoms with Gasteiger partial charge in [0.25, 0.3) is 5.91 Å². The summed E-state index contributed by atoms with van der Waals surface area (Å²) in [5, 5.41) is 3.56. The molecule has 5 heteroatoms. The number of carbonyl (C=O) groups is 2. The van der Waals surface area contributed by atoms with Gasteiger partial charge in [0.05, 0.1) is 40.6 Å². The van der Waals surface area contributed by atoms with Crippen molar-refractivity contribution in [2.24, 2.45) is 0 Å². The molecule has 0 bridgehead atoms. The van der Waals surface area contributed by atoms with Crippen molar-refractivity contribution in [1.29, 1.82) is 0 Å². The lowest BCUT2D eigenvalue weighted by atomic mass is 9.92. The molecule has 172 valence electrons. The highest BCUT2D eigenvalue weighted by Crippen LogP contribution is 2.44. The Morgan fingerprint density at radius 3 is 2.15 bits per heavy atom. The lowest BCUT2D eigenvalue weighted by Crippen LogP contribution is -2.46. The number of carbonyl (C=O) groups excluding carboxylic acids is 2. The van der Waals surface area contributed by atoms with Crippen molar-refractivity contribution in [1.82, 2.24) is 4.90 Å². The Balaban J connectivity index is 1.69. The molecule has 0 aromatic heterocycles. The molecule has 0 saturated carbocycles. The van der Waals surface area contributed by atoms with Crippen LogP contribution in [0.25, 0.3) is 0 Å². The fourth-order valence-electron chi connectivity index (χ4n) is 4.98. The van der Waals surface area contributed by atoms with Crippen molar-refractivity contribution in [2.45, 2.75) is 38.3 Å². The molecule has 2 heterocycles. The number of nitrogens with one attached hydrogen (secondary N) is 1. The molecule has 2 aliphatic heterocycles. The Bertz CT molecular complexity index is 1260. The van der Waals surface area contributed by atoms with E-state index in [4.69, 9.17) is 0 Å². The maximum absolute atomic E-state index is 14.0. The number of likely N-dealkylation sites (N-methyl/N-ethyl adjacent to an activating group) is 1. The van der Waals surface area contributed by atoms with Crippen LogP contribution in [0.3, 0.4) is 0 Å². The van der Waals surface area contributed by atoms with Gasteiger partial charge < -0.3 is 15.1 Å². The fourth-order valence-corrected chi connectivity index (χ4v) is 4.98. The monoisotopic (exact) mass is 451 g/mol. The van der Waals surface area contributed by atoms with Crippen molar-refractivity contribution in [3.05, 3.63) is 107 Å². The molecule has 0 fully saturated rings. The molecule has 5 rings (SSSR count). The Kier molecular flexibility index (Phi) is 5.48. The van der Waals surface area contributed by atoms with E-state index in [9.17, 15) is 9.59 Å².